The molecule has 1 fully saturated rings. The maximum Gasteiger partial charge on any atom is 0.418 e. The molecule has 3 aromatic rings. The summed E-state index contributed by atoms with van der Waals surface area (Å²) < 4.78 is 43.8. The number of nitrogens with one attached hydrogen (secondary N) is 1. The fourth-order valence-corrected chi connectivity index (χ4v) is 4.51. The second-order valence-electron chi connectivity index (χ2n) is 8.20. The van der Waals surface area contributed by atoms with Crippen LogP contribution in [-0.4, -0.2) is 31.1 Å². The maximum absolute atomic E-state index is 14.0. The Labute approximate surface area is 196 Å². The van der Waals surface area contributed by atoms with Crippen molar-refractivity contribution >= 4 is 27.7 Å². The number of halogens is 4. The van der Waals surface area contributed by atoms with Gasteiger partial charge in [0.05, 0.1) is 17.2 Å². The third-order valence-electron chi connectivity index (χ3n) is 5.92. The van der Waals surface area contributed by atoms with E-state index in [0.717, 1.165) is 40.9 Å². The Morgan fingerprint density at radius 3 is 2.61 bits per heavy atom. The Hall–Kier alpha value is -2.82. The summed E-state index contributed by atoms with van der Waals surface area (Å²) >= 11 is 3.29. The first kappa shape index (κ1) is 23.3. The molecule has 11 heteroatoms. The Morgan fingerprint density at radius 2 is 2.00 bits per heavy atom. The van der Waals surface area contributed by atoms with Gasteiger partial charge in [0, 0.05) is 10.7 Å². The zero-order valence-electron chi connectivity index (χ0n) is 17.8. The standard InChI is InChI=1S/C22H22BrF3N6O/c1-13-29-30-31-32(13)19-8-6-15(11-18(19)22(24,25)26)17(10-14-4-2-3-5-14)21(33)28-20-9-7-16(23)12-27-20/h6-9,11-12,14,17H,2-5,10H2,1H3,(H,27,28,33). The number of hydrogen-bond donors (Lipinski definition) is 1. The van der Waals surface area contributed by atoms with Crippen LogP contribution >= 0.6 is 15.9 Å². The summed E-state index contributed by atoms with van der Waals surface area (Å²) in [5, 5.41) is 13.6. The van der Waals surface area contributed by atoms with Gasteiger partial charge in [-0.05, 0) is 75.4 Å². The molecular formula is C22H22BrF3N6O. The van der Waals surface area contributed by atoms with Gasteiger partial charge in [0.15, 0.2) is 5.82 Å². The van der Waals surface area contributed by atoms with Crippen LogP contribution in [0.4, 0.5) is 19.0 Å². The summed E-state index contributed by atoms with van der Waals surface area (Å²) in [6.07, 6.45) is 1.45. The van der Waals surface area contributed by atoms with Gasteiger partial charge >= 0.3 is 6.18 Å². The van der Waals surface area contributed by atoms with E-state index >= 15 is 0 Å². The number of benzene rings is 1. The lowest BCUT2D eigenvalue weighted by Crippen LogP contribution is -2.24. The molecule has 4 rings (SSSR count). The largest absolute Gasteiger partial charge is 0.418 e. The Bertz CT molecular complexity index is 1130. The quantitative estimate of drug-likeness (QED) is 0.465. The van der Waals surface area contributed by atoms with E-state index in [-0.39, 0.29) is 23.3 Å². The maximum atomic E-state index is 14.0. The SMILES string of the molecule is Cc1nnnn1-c1ccc(C(CC2CCCC2)C(=O)Nc2ccc(Br)cn2)cc1C(F)(F)F. The van der Waals surface area contributed by atoms with Crippen LogP contribution in [-0.2, 0) is 11.0 Å². The van der Waals surface area contributed by atoms with E-state index in [9.17, 15) is 18.0 Å². The molecule has 0 saturated heterocycles. The van der Waals surface area contributed by atoms with Crippen LogP contribution in [0.5, 0.6) is 0 Å². The van der Waals surface area contributed by atoms with Gasteiger partial charge in [0.1, 0.15) is 5.82 Å². The number of alkyl halides is 3. The van der Waals surface area contributed by atoms with Crippen molar-refractivity contribution in [3.8, 4) is 5.69 Å². The fourth-order valence-electron chi connectivity index (χ4n) is 4.27. The number of rotatable bonds is 6. The van der Waals surface area contributed by atoms with Crippen molar-refractivity contribution < 1.29 is 18.0 Å². The van der Waals surface area contributed by atoms with Gasteiger partial charge in [-0.1, -0.05) is 31.7 Å². The molecule has 1 saturated carbocycles. The minimum absolute atomic E-state index is 0.177. The number of aromatic nitrogens is 5. The van der Waals surface area contributed by atoms with Gasteiger partial charge in [-0.2, -0.15) is 17.9 Å². The van der Waals surface area contributed by atoms with Gasteiger partial charge < -0.3 is 5.32 Å². The third kappa shape index (κ3) is 5.40. The van der Waals surface area contributed by atoms with Crippen LogP contribution < -0.4 is 5.32 Å². The van der Waals surface area contributed by atoms with Crippen LogP contribution in [0.15, 0.2) is 41.0 Å². The molecule has 0 radical (unpaired) electrons. The Morgan fingerprint density at radius 1 is 1.24 bits per heavy atom. The van der Waals surface area contributed by atoms with Crippen molar-refractivity contribution in [3.63, 3.8) is 0 Å². The second-order valence-corrected chi connectivity index (χ2v) is 9.12. The van der Waals surface area contributed by atoms with Crippen molar-refractivity contribution in [2.75, 3.05) is 5.32 Å². The predicted octanol–water partition coefficient (Wildman–Crippen LogP) is 5.45. The average molecular weight is 523 g/mol. The molecule has 0 spiro atoms. The number of pyridine rings is 1. The highest BCUT2D eigenvalue weighted by Gasteiger charge is 2.37. The topological polar surface area (TPSA) is 85.6 Å². The molecule has 1 unspecified atom stereocenters. The molecule has 1 N–H and O–H groups in total. The lowest BCUT2D eigenvalue weighted by molar-refractivity contribution is -0.137. The highest BCUT2D eigenvalue weighted by molar-refractivity contribution is 9.10. The summed E-state index contributed by atoms with van der Waals surface area (Å²) in [7, 11) is 0. The van der Waals surface area contributed by atoms with E-state index in [2.05, 4.69) is 41.8 Å². The molecular weight excluding hydrogens is 501 g/mol. The molecule has 2 heterocycles. The van der Waals surface area contributed by atoms with E-state index in [1.165, 1.54) is 13.0 Å². The number of anilines is 1. The first-order valence-corrected chi connectivity index (χ1v) is 11.4. The van der Waals surface area contributed by atoms with E-state index in [0.29, 0.717) is 17.8 Å². The summed E-state index contributed by atoms with van der Waals surface area (Å²) in [6, 6.07) is 7.30. The number of nitrogens with zero attached hydrogens (tertiary/aromatic N) is 5. The smallest absolute Gasteiger partial charge is 0.310 e. The molecule has 2 aromatic heterocycles. The number of aryl methyl sites for hydroxylation is 1. The van der Waals surface area contributed by atoms with Crippen molar-refractivity contribution in [1.29, 1.82) is 0 Å². The molecule has 174 valence electrons. The Kier molecular flexibility index (Phi) is 6.78. The molecule has 1 atom stereocenters. The van der Waals surface area contributed by atoms with Gasteiger partial charge in [-0.25, -0.2) is 4.98 Å². The summed E-state index contributed by atoms with van der Waals surface area (Å²) in [6.45, 7) is 1.52. The Balaban J connectivity index is 1.71. The number of hydrogen-bond acceptors (Lipinski definition) is 5. The van der Waals surface area contributed by atoms with Gasteiger partial charge in [0.2, 0.25) is 5.91 Å². The van der Waals surface area contributed by atoms with Crippen LogP contribution in [0.25, 0.3) is 5.69 Å². The fraction of sp³-hybridized carbons (Fsp3) is 0.409. The van der Waals surface area contributed by atoms with E-state index in [1.807, 2.05) is 0 Å². The van der Waals surface area contributed by atoms with E-state index in [4.69, 9.17) is 0 Å². The molecule has 1 aliphatic carbocycles. The van der Waals surface area contributed by atoms with E-state index < -0.39 is 17.7 Å². The monoisotopic (exact) mass is 522 g/mol. The van der Waals surface area contributed by atoms with Crippen LogP contribution in [0.3, 0.4) is 0 Å². The van der Waals surface area contributed by atoms with E-state index in [1.54, 1.807) is 24.4 Å². The normalized spacial score (nSPS) is 15.5. The summed E-state index contributed by atoms with van der Waals surface area (Å²) in [5.41, 5.74) is -0.761. The first-order valence-electron chi connectivity index (χ1n) is 10.6. The summed E-state index contributed by atoms with van der Waals surface area (Å²) in [5.74, 6) is -0.263. The third-order valence-corrected chi connectivity index (χ3v) is 6.39. The molecule has 7 nitrogen and oxygen atoms in total. The van der Waals surface area contributed by atoms with Crippen molar-refractivity contribution in [2.45, 2.75) is 51.1 Å². The van der Waals surface area contributed by atoms with Crippen LogP contribution in [0.2, 0.25) is 0 Å². The van der Waals surface area contributed by atoms with Crippen molar-refractivity contribution in [1.82, 2.24) is 25.2 Å². The minimum Gasteiger partial charge on any atom is -0.310 e. The lowest BCUT2D eigenvalue weighted by Gasteiger charge is -2.22. The molecule has 0 bridgehead atoms. The molecule has 1 aromatic carbocycles. The van der Waals surface area contributed by atoms with Gasteiger partial charge in [0.25, 0.3) is 0 Å². The van der Waals surface area contributed by atoms with Gasteiger partial charge in [-0.3, -0.25) is 4.79 Å². The number of tetrazole rings is 1. The second kappa shape index (κ2) is 9.58. The van der Waals surface area contributed by atoms with Crippen molar-refractivity contribution in [2.24, 2.45) is 5.92 Å². The molecule has 0 aliphatic heterocycles. The summed E-state index contributed by atoms with van der Waals surface area (Å²) in [4.78, 5) is 17.4. The lowest BCUT2D eigenvalue weighted by atomic mass is 9.86. The first-order chi connectivity index (χ1) is 15.7. The molecule has 33 heavy (non-hydrogen) atoms. The number of carbonyl (C=O) groups excluding carboxylic acids is 1. The average Bonchev–Trinajstić information content (AvgIpc) is 3.44. The number of carbonyl (C=O) groups is 1. The van der Waals surface area contributed by atoms with Crippen LogP contribution in [0, 0.1) is 12.8 Å². The predicted molar refractivity (Wildman–Crippen MR) is 119 cm³/mol. The van der Waals surface area contributed by atoms with Crippen LogP contribution in [0.1, 0.15) is 55.0 Å². The minimum atomic E-state index is -4.65. The van der Waals surface area contributed by atoms with Gasteiger partial charge in [-0.15, -0.1) is 5.10 Å². The molecule has 1 aliphatic rings. The highest BCUT2D eigenvalue weighted by atomic mass is 79.9. The zero-order chi connectivity index (χ0) is 23.6. The van der Waals surface area contributed by atoms with Crippen molar-refractivity contribution in [3.05, 3.63) is 58.0 Å². The number of amides is 1. The highest BCUT2D eigenvalue weighted by Crippen LogP contribution is 2.39. The molecule has 1 amide bonds. The zero-order valence-corrected chi connectivity index (χ0v) is 19.4.